The lowest BCUT2D eigenvalue weighted by molar-refractivity contribution is -0.124. The Morgan fingerprint density at radius 3 is 2.79 bits per heavy atom. The molecule has 29 heavy (non-hydrogen) atoms. The highest BCUT2D eigenvalue weighted by Crippen LogP contribution is 2.19. The molecule has 0 radical (unpaired) electrons. The van der Waals surface area contributed by atoms with E-state index in [0.29, 0.717) is 24.4 Å². The maximum atomic E-state index is 12.6. The van der Waals surface area contributed by atoms with E-state index in [4.69, 9.17) is 4.74 Å². The van der Waals surface area contributed by atoms with Gasteiger partial charge >= 0.3 is 0 Å². The van der Waals surface area contributed by atoms with Crippen LogP contribution in [0.3, 0.4) is 0 Å². The fourth-order valence-electron chi connectivity index (χ4n) is 3.72. The van der Waals surface area contributed by atoms with Crippen LogP contribution in [-0.2, 0) is 16.1 Å². The quantitative estimate of drug-likeness (QED) is 0.787. The number of benzene rings is 1. The molecule has 0 bridgehead atoms. The molecular weight excluding hydrogens is 368 g/mol. The molecule has 3 heterocycles. The first kappa shape index (κ1) is 19.4. The molecule has 2 N–H and O–H groups in total. The van der Waals surface area contributed by atoms with Crippen molar-refractivity contribution in [3.05, 3.63) is 53.7 Å². The number of carbonyl (C=O) groups excluding carboxylic acids is 2. The monoisotopic (exact) mass is 394 g/mol. The molecule has 2 fully saturated rings. The summed E-state index contributed by atoms with van der Waals surface area (Å²) in [5, 5.41) is 5.78. The zero-order chi connectivity index (χ0) is 20.1. The van der Waals surface area contributed by atoms with Crippen molar-refractivity contribution in [1.29, 1.82) is 0 Å². The van der Waals surface area contributed by atoms with E-state index >= 15 is 0 Å². The van der Waals surface area contributed by atoms with Gasteiger partial charge in [-0.3, -0.25) is 9.59 Å². The molecule has 0 spiro atoms. The molecular formula is C22H26N4O3. The minimum atomic E-state index is -0.399. The summed E-state index contributed by atoms with van der Waals surface area (Å²) in [5.74, 6) is 0.622. The van der Waals surface area contributed by atoms with E-state index in [-0.39, 0.29) is 11.8 Å². The van der Waals surface area contributed by atoms with E-state index in [2.05, 4.69) is 20.5 Å². The van der Waals surface area contributed by atoms with Crippen molar-refractivity contribution in [2.45, 2.75) is 38.3 Å². The lowest BCUT2D eigenvalue weighted by Crippen LogP contribution is -2.27. The van der Waals surface area contributed by atoms with E-state index in [0.717, 1.165) is 37.3 Å². The highest BCUT2D eigenvalue weighted by atomic mass is 16.5. The Kier molecular flexibility index (Phi) is 6.05. The van der Waals surface area contributed by atoms with Crippen LogP contribution < -0.4 is 15.5 Å². The second kappa shape index (κ2) is 9.05. The molecule has 2 aliphatic rings. The Morgan fingerprint density at radius 1 is 1.14 bits per heavy atom. The number of hydrogen-bond donors (Lipinski definition) is 2. The third-order valence-electron chi connectivity index (χ3n) is 5.31. The molecule has 2 aromatic rings. The zero-order valence-corrected chi connectivity index (χ0v) is 16.4. The van der Waals surface area contributed by atoms with E-state index < -0.39 is 6.10 Å². The van der Waals surface area contributed by atoms with Crippen LogP contribution in [-0.4, -0.2) is 42.6 Å². The number of hydrogen-bond acceptors (Lipinski definition) is 5. The topological polar surface area (TPSA) is 83.6 Å². The van der Waals surface area contributed by atoms with E-state index in [1.165, 1.54) is 12.8 Å². The van der Waals surface area contributed by atoms with Gasteiger partial charge in [-0.25, -0.2) is 4.98 Å². The second-order valence-corrected chi connectivity index (χ2v) is 7.47. The normalized spacial score (nSPS) is 18.6. The van der Waals surface area contributed by atoms with Gasteiger partial charge in [0, 0.05) is 43.7 Å². The number of nitrogens with one attached hydrogen (secondary N) is 2. The largest absolute Gasteiger partial charge is 0.368 e. The predicted octanol–water partition coefficient (Wildman–Crippen LogP) is 2.73. The van der Waals surface area contributed by atoms with Gasteiger partial charge in [-0.2, -0.15) is 0 Å². The third-order valence-corrected chi connectivity index (χ3v) is 5.31. The van der Waals surface area contributed by atoms with Gasteiger partial charge in [-0.05, 0) is 61.6 Å². The Labute approximate surface area is 170 Å². The zero-order valence-electron chi connectivity index (χ0n) is 16.4. The number of anilines is 2. The maximum Gasteiger partial charge on any atom is 0.253 e. The first-order chi connectivity index (χ1) is 14.2. The predicted molar refractivity (Wildman–Crippen MR) is 111 cm³/mol. The molecule has 2 amide bonds. The summed E-state index contributed by atoms with van der Waals surface area (Å²) in [7, 11) is 0. The summed E-state index contributed by atoms with van der Waals surface area (Å²) < 4.78 is 5.40. The summed E-state index contributed by atoms with van der Waals surface area (Å²) in [6, 6.07) is 10.9. The van der Waals surface area contributed by atoms with Gasteiger partial charge in [0.15, 0.2) is 0 Å². The summed E-state index contributed by atoms with van der Waals surface area (Å²) in [6.07, 6.45) is 5.41. The molecule has 1 unspecified atom stereocenters. The van der Waals surface area contributed by atoms with Crippen LogP contribution in [0, 0.1) is 0 Å². The van der Waals surface area contributed by atoms with Gasteiger partial charge < -0.3 is 20.3 Å². The molecule has 0 aliphatic carbocycles. The molecule has 2 saturated heterocycles. The smallest absolute Gasteiger partial charge is 0.253 e. The van der Waals surface area contributed by atoms with Crippen LogP contribution in [0.25, 0.3) is 0 Å². The van der Waals surface area contributed by atoms with Gasteiger partial charge in [0.1, 0.15) is 11.9 Å². The van der Waals surface area contributed by atoms with E-state index in [1.54, 1.807) is 30.5 Å². The van der Waals surface area contributed by atoms with Gasteiger partial charge in [0.25, 0.3) is 11.8 Å². The van der Waals surface area contributed by atoms with Gasteiger partial charge in [0.05, 0.1) is 0 Å². The number of carbonyl (C=O) groups is 2. The van der Waals surface area contributed by atoms with Crippen LogP contribution in [0.2, 0.25) is 0 Å². The average molecular weight is 394 g/mol. The van der Waals surface area contributed by atoms with Crippen LogP contribution in [0.5, 0.6) is 0 Å². The Hall–Kier alpha value is -2.93. The van der Waals surface area contributed by atoms with Crippen molar-refractivity contribution in [3.8, 4) is 0 Å². The minimum absolute atomic E-state index is 0.161. The Bertz CT molecular complexity index is 874. The summed E-state index contributed by atoms with van der Waals surface area (Å²) >= 11 is 0. The molecule has 152 valence electrons. The van der Waals surface area contributed by atoms with Crippen molar-refractivity contribution >= 4 is 23.3 Å². The second-order valence-electron chi connectivity index (χ2n) is 7.47. The van der Waals surface area contributed by atoms with Crippen LogP contribution in [0.4, 0.5) is 11.5 Å². The highest BCUT2D eigenvalue weighted by molar-refractivity contribution is 5.98. The van der Waals surface area contributed by atoms with Crippen molar-refractivity contribution < 1.29 is 14.3 Å². The maximum absolute atomic E-state index is 12.6. The first-order valence-corrected chi connectivity index (χ1v) is 10.2. The summed E-state index contributed by atoms with van der Waals surface area (Å²) in [4.78, 5) is 31.5. The number of rotatable bonds is 6. The number of ether oxygens (including phenoxy) is 1. The fraction of sp³-hybridized carbons (Fsp3) is 0.409. The minimum Gasteiger partial charge on any atom is -0.368 e. The lowest BCUT2D eigenvalue weighted by atomic mass is 10.1. The lowest BCUT2D eigenvalue weighted by Gasteiger charge is -2.17. The first-order valence-electron chi connectivity index (χ1n) is 10.2. The van der Waals surface area contributed by atoms with Crippen molar-refractivity contribution in [3.63, 3.8) is 0 Å². The van der Waals surface area contributed by atoms with Crippen LogP contribution >= 0.6 is 0 Å². The number of aromatic nitrogens is 1. The van der Waals surface area contributed by atoms with Crippen LogP contribution in [0.1, 0.15) is 41.6 Å². The number of nitrogens with zero attached hydrogens (tertiary/aromatic N) is 2. The molecule has 4 rings (SSSR count). The standard InChI is InChI=1S/C22H26N4O3/c27-21(24-15-16-8-9-23-20(13-16)26-10-1-2-11-26)17-5-3-6-18(14-17)25-22(28)19-7-4-12-29-19/h3,5-6,8-9,13-14,19H,1-2,4,7,10-12,15H2,(H,24,27)(H,25,28). The average Bonchev–Trinajstić information content (AvgIpc) is 3.47. The summed E-state index contributed by atoms with van der Waals surface area (Å²) in [6.45, 7) is 3.12. The molecule has 1 aromatic heterocycles. The van der Waals surface area contributed by atoms with Gasteiger partial charge in [-0.1, -0.05) is 6.07 Å². The van der Waals surface area contributed by atoms with Gasteiger partial charge in [0.2, 0.25) is 0 Å². The molecule has 2 aliphatic heterocycles. The van der Waals surface area contributed by atoms with Crippen molar-refractivity contribution in [1.82, 2.24) is 10.3 Å². The number of amides is 2. The molecule has 1 aromatic carbocycles. The fourth-order valence-corrected chi connectivity index (χ4v) is 3.72. The molecule has 7 nitrogen and oxygen atoms in total. The SMILES string of the molecule is O=C(NCc1ccnc(N2CCCC2)c1)c1cccc(NC(=O)C2CCCO2)c1. The Balaban J connectivity index is 1.35. The Morgan fingerprint density at radius 2 is 2.00 bits per heavy atom. The summed E-state index contributed by atoms with van der Waals surface area (Å²) in [5.41, 5.74) is 2.11. The van der Waals surface area contributed by atoms with E-state index in [9.17, 15) is 9.59 Å². The molecule has 1 atom stereocenters. The van der Waals surface area contributed by atoms with Gasteiger partial charge in [-0.15, -0.1) is 0 Å². The molecule has 7 heteroatoms. The van der Waals surface area contributed by atoms with Crippen molar-refractivity contribution in [2.24, 2.45) is 0 Å². The molecule has 0 saturated carbocycles. The van der Waals surface area contributed by atoms with Crippen molar-refractivity contribution in [2.75, 3.05) is 29.9 Å². The highest BCUT2D eigenvalue weighted by Gasteiger charge is 2.23. The number of pyridine rings is 1. The van der Waals surface area contributed by atoms with Crippen LogP contribution in [0.15, 0.2) is 42.6 Å². The van der Waals surface area contributed by atoms with E-state index in [1.807, 2.05) is 12.1 Å². The third kappa shape index (κ3) is 4.92.